The lowest BCUT2D eigenvalue weighted by Gasteiger charge is -2.07. The molecule has 5 heteroatoms. The molecule has 0 spiro atoms. The van der Waals surface area contributed by atoms with Crippen LogP contribution in [0.15, 0.2) is 21.3 Å². The van der Waals surface area contributed by atoms with Gasteiger partial charge in [-0.3, -0.25) is 0 Å². The van der Waals surface area contributed by atoms with Crippen LogP contribution >= 0.6 is 0 Å². The highest BCUT2D eigenvalue weighted by atomic mass is 15.1. The van der Waals surface area contributed by atoms with Crippen LogP contribution < -0.4 is 17.2 Å². The van der Waals surface area contributed by atoms with Gasteiger partial charge in [0.25, 0.3) is 0 Å². The number of hydrogen-bond acceptors (Lipinski definition) is 1. The second kappa shape index (κ2) is 3.32. The molecule has 0 heterocycles. The Labute approximate surface area is 82.8 Å². The van der Waals surface area contributed by atoms with E-state index in [2.05, 4.69) is 9.98 Å². The summed E-state index contributed by atoms with van der Waals surface area (Å²) in [4.78, 5) is 7.92. The SMILES string of the molecule is NC(N)=NC(N)=NC1=C2CCC(C2)C1. The third kappa shape index (κ3) is 1.71. The third-order valence-electron chi connectivity index (χ3n) is 2.77. The molecule has 14 heavy (non-hydrogen) atoms. The van der Waals surface area contributed by atoms with E-state index < -0.39 is 0 Å². The minimum atomic E-state index is -0.0417. The van der Waals surface area contributed by atoms with Crippen LogP contribution in [0.4, 0.5) is 0 Å². The van der Waals surface area contributed by atoms with E-state index >= 15 is 0 Å². The van der Waals surface area contributed by atoms with E-state index in [1.807, 2.05) is 0 Å². The molecule has 2 rings (SSSR count). The van der Waals surface area contributed by atoms with E-state index in [0.717, 1.165) is 18.0 Å². The molecule has 0 aliphatic heterocycles. The number of guanidine groups is 2. The van der Waals surface area contributed by atoms with Gasteiger partial charge in [0.05, 0.1) is 0 Å². The highest BCUT2D eigenvalue weighted by molar-refractivity contribution is 5.92. The number of fused-ring (bicyclic) bond motifs is 2. The van der Waals surface area contributed by atoms with E-state index in [4.69, 9.17) is 17.2 Å². The molecule has 1 unspecified atom stereocenters. The molecule has 1 saturated carbocycles. The summed E-state index contributed by atoms with van der Waals surface area (Å²) < 4.78 is 0. The Morgan fingerprint density at radius 3 is 2.50 bits per heavy atom. The molecule has 0 aromatic heterocycles. The maximum absolute atomic E-state index is 5.55. The smallest absolute Gasteiger partial charge is 0.223 e. The predicted molar refractivity (Wildman–Crippen MR) is 56.4 cm³/mol. The second-order valence-electron chi connectivity index (χ2n) is 3.87. The van der Waals surface area contributed by atoms with Gasteiger partial charge in [-0.05, 0) is 37.2 Å². The molecule has 0 aromatic carbocycles. The van der Waals surface area contributed by atoms with Crippen LogP contribution in [0.3, 0.4) is 0 Å². The summed E-state index contributed by atoms with van der Waals surface area (Å²) >= 11 is 0. The minimum absolute atomic E-state index is 0.0417. The quantitative estimate of drug-likeness (QED) is 0.404. The van der Waals surface area contributed by atoms with Crippen LogP contribution in [0.5, 0.6) is 0 Å². The van der Waals surface area contributed by atoms with Crippen molar-refractivity contribution in [1.82, 2.24) is 0 Å². The van der Waals surface area contributed by atoms with Gasteiger partial charge in [0, 0.05) is 5.70 Å². The van der Waals surface area contributed by atoms with Crippen LogP contribution in [-0.4, -0.2) is 11.9 Å². The second-order valence-corrected chi connectivity index (χ2v) is 3.87. The van der Waals surface area contributed by atoms with Crippen molar-refractivity contribution in [2.24, 2.45) is 33.1 Å². The van der Waals surface area contributed by atoms with Crippen molar-refractivity contribution in [2.45, 2.75) is 25.7 Å². The number of aliphatic imine (C=N–C) groups is 2. The van der Waals surface area contributed by atoms with Gasteiger partial charge >= 0.3 is 0 Å². The summed E-state index contributed by atoms with van der Waals surface area (Å²) in [6, 6.07) is 0. The number of nitrogens with zero attached hydrogens (tertiary/aromatic N) is 2. The molecule has 6 N–H and O–H groups in total. The van der Waals surface area contributed by atoms with Crippen LogP contribution in [0.25, 0.3) is 0 Å². The Morgan fingerprint density at radius 2 is 2.00 bits per heavy atom. The fraction of sp³-hybridized carbons (Fsp3) is 0.556. The van der Waals surface area contributed by atoms with Crippen LogP contribution in [0.2, 0.25) is 0 Å². The van der Waals surface area contributed by atoms with Crippen molar-refractivity contribution in [2.75, 3.05) is 0 Å². The standard InChI is InChI=1S/C9H15N5/c10-8(11)14-9(12)13-7-4-5-1-2-6(7)3-5/h5H,1-4H2,(H6,10,11,12,13,14). The minimum Gasteiger partial charge on any atom is -0.370 e. The van der Waals surface area contributed by atoms with Crippen molar-refractivity contribution in [3.8, 4) is 0 Å². The summed E-state index contributed by atoms with van der Waals surface area (Å²) in [5.74, 6) is 0.913. The molecule has 2 aliphatic carbocycles. The highest BCUT2D eigenvalue weighted by Crippen LogP contribution is 2.44. The Hall–Kier alpha value is -1.52. The number of rotatable bonds is 1. The van der Waals surface area contributed by atoms with Gasteiger partial charge in [-0.25, -0.2) is 4.99 Å². The largest absolute Gasteiger partial charge is 0.370 e. The van der Waals surface area contributed by atoms with Gasteiger partial charge in [0.2, 0.25) is 5.96 Å². The Bertz CT molecular complexity index is 335. The van der Waals surface area contributed by atoms with Gasteiger partial charge in [0.1, 0.15) is 0 Å². The van der Waals surface area contributed by atoms with Gasteiger partial charge in [-0.2, -0.15) is 4.99 Å². The first-order chi connectivity index (χ1) is 6.65. The molecular formula is C9H15N5. The molecule has 5 nitrogen and oxygen atoms in total. The van der Waals surface area contributed by atoms with E-state index in [0.29, 0.717) is 0 Å². The van der Waals surface area contributed by atoms with Gasteiger partial charge in [-0.15, -0.1) is 0 Å². The lowest BCUT2D eigenvalue weighted by Crippen LogP contribution is -2.26. The zero-order valence-electron chi connectivity index (χ0n) is 8.03. The van der Waals surface area contributed by atoms with E-state index in [1.54, 1.807) is 0 Å². The van der Waals surface area contributed by atoms with E-state index in [1.165, 1.54) is 24.8 Å². The maximum atomic E-state index is 5.55. The van der Waals surface area contributed by atoms with Crippen molar-refractivity contribution in [3.63, 3.8) is 0 Å². The van der Waals surface area contributed by atoms with E-state index in [-0.39, 0.29) is 11.9 Å². The molecule has 1 fully saturated rings. The first-order valence-corrected chi connectivity index (χ1v) is 4.80. The fourth-order valence-corrected chi connectivity index (χ4v) is 2.21. The fourth-order valence-electron chi connectivity index (χ4n) is 2.21. The Balaban J connectivity index is 2.15. The van der Waals surface area contributed by atoms with E-state index in [9.17, 15) is 0 Å². The number of nitrogens with two attached hydrogens (primary N) is 3. The third-order valence-corrected chi connectivity index (χ3v) is 2.77. The molecule has 0 radical (unpaired) electrons. The van der Waals surface area contributed by atoms with Gasteiger partial charge in [-0.1, -0.05) is 0 Å². The topological polar surface area (TPSA) is 103 Å². The summed E-state index contributed by atoms with van der Waals surface area (Å²) in [5, 5.41) is 0. The zero-order chi connectivity index (χ0) is 10.1. The van der Waals surface area contributed by atoms with Gasteiger partial charge in [0.15, 0.2) is 5.96 Å². The van der Waals surface area contributed by atoms with Gasteiger partial charge < -0.3 is 17.2 Å². The monoisotopic (exact) mass is 193 g/mol. The lowest BCUT2D eigenvalue weighted by molar-refractivity contribution is 0.561. The summed E-state index contributed by atoms with van der Waals surface area (Å²) in [6.07, 6.45) is 4.69. The Kier molecular flexibility index (Phi) is 2.15. The predicted octanol–water partition coefficient (Wildman–Crippen LogP) is 0.0324. The van der Waals surface area contributed by atoms with Crippen LogP contribution in [0.1, 0.15) is 25.7 Å². The molecule has 0 aromatic rings. The normalized spacial score (nSPS) is 25.7. The summed E-state index contributed by atoms with van der Waals surface area (Å²) in [6.45, 7) is 0. The van der Waals surface area contributed by atoms with Crippen molar-refractivity contribution >= 4 is 11.9 Å². The average molecular weight is 193 g/mol. The molecule has 2 bridgehead atoms. The molecule has 76 valence electrons. The van der Waals surface area contributed by atoms with Crippen LogP contribution in [0, 0.1) is 5.92 Å². The number of allylic oxidation sites excluding steroid dienone is 2. The maximum Gasteiger partial charge on any atom is 0.223 e. The molecule has 1 atom stereocenters. The molecular weight excluding hydrogens is 178 g/mol. The highest BCUT2D eigenvalue weighted by Gasteiger charge is 2.30. The lowest BCUT2D eigenvalue weighted by atomic mass is 10.0. The first-order valence-electron chi connectivity index (χ1n) is 4.80. The van der Waals surface area contributed by atoms with Crippen molar-refractivity contribution in [3.05, 3.63) is 11.3 Å². The average Bonchev–Trinajstić information content (AvgIpc) is 2.62. The summed E-state index contributed by atoms with van der Waals surface area (Å²) in [5.41, 5.74) is 18.5. The van der Waals surface area contributed by atoms with Crippen molar-refractivity contribution in [1.29, 1.82) is 0 Å². The number of hydrogen-bond donors (Lipinski definition) is 3. The molecule has 0 saturated heterocycles. The Morgan fingerprint density at radius 1 is 1.21 bits per heavy atom. The summed E-state index contributed by atoms with van der Waals surface area (Å²) in [7, 11) is 0. The van der Waals surface area contributed by atoms with Crippen LogP contribution in [-0.2, 0) is 0 Å². The first kappa shape index (κ1) is 9.05. The zero-order valence-corrected chi connectivity index (χ0v) is 8.03. The molecule has 0 amide bonds. The van der Waals surface area contributed by atoms with Crippen molar-refractivity contribution < 1.29 is 0 Å². The molecule has 2 aliphatic rings.